The number of ether oxygens (including phenoxy) is 2. The maximum atomic E-state index is 14.7. The highest BCUT2D eigenvalue weighted by atomic mass is 35.5. The number of aromatic nitrogens is 2. The second-order valence-electron chi connectivity index (χ2n) is 9.94. The van der Waals surface area contributed by atoms with Crippen LogP contribution in [-0.4, -0.2) is 53.3 Å². The predicted molar refractivity (Wildman–Crippen MR) is 159 cm³/mol. The van der Waals surface area contributed by atoms with Gasteiger partial charge in [0.15, 0.2) is 0 Å². The third-order valence-corrected chi connectivity index (χ3v) is 7.46. The van der Waals surface area contributed by atoms with Crippen molar-refractivity contribution in [1.29, 1.82) is 0 Å². The molecule has 238 valence electrons. The van der Waals surface area contributed by atoms with Crippen LogP contribution in [0, 0.1) is 12.7 Å². The molecule has 2 aromatic heterocycles. The van der Waals surface area contributed by atoms with Crippen LogP contribution in [0.5, 0.6) is 11.5 Å². The van der Waals surface area contributed by atoms with Crippen molar-refractivity contribution in [2.45, 2.75) is 32.0 Å². The molecule has 0 radical (unpaired) electrons. The number of halogens is 6. The molecule has 0 unspecified atom stereocenters. The average Bonchev–Trinajstić information content (AvgIpc) is 2.97. The first kappa shape index (κ1) is 33.7. The zero-order valence-electron chi connectivity index (χ0n) is 24.0. The molecule has 2 aromatic carbocycles. The van der Waals surface area contributed by atoms with Crippen LogP contribution >= 0.6 is 23.2 Å². The van der Waals surface area contributed by atoms with Gasteiger partial charge in [0.25, 0.3) is 5.91 Å². The summed E-state index contributed by atoms with van der Waals surface area (Å²) in [6.07, 6.45) is -6.00. The lowest BCUT2D eigenvalue weighted by Gasteiger charge is -2.31. The first-order valence-corrected chi connectivity index (χ1v) is 14.0. The number of rotatable bonds is 10. The minimum absolute atomic E-state index is 0.00474. The molecule has 15 heteroatoms. The largest absolute Gasteiger partial charge is 0.494 e. The number of amides is 2. The number of pyridine rings is 2. The van der Waals surface area contributed by atoms with Gasteiger partial charge in [0, 0.05) is 22.1 Å². The van der Waals surface area contributed by atoms with E-state index < -0.39 is 48.1 Å². The summed E-state index contributed by atoms with van der Waals surface area (Å²) >= 11 is 12.0. The topological polar surface area (TPSA) is 137 Å². The van der Waals surface area contributed by atoms with E-state index in [9.17, 15) is 32.3 Å². The molecule has 2 heterocycles. The summed E-state index contributed by atoms with van der Waals surface area (Å²) < 4.78 is 68.9. The number of primary amides is 1. The summed E-state index contributed by atoms with van der Waals surface area (Å²) in [7, 11) is 1.32. The number of methoxy groups -OCH3 is 1. The van der Waals surface area contributed by atoms with E-state index in [1.165, 1.54) is 25.3 Å². The minimum atomic E-state index is -5.40. The van der Waals surface area contributed by atoms with Gasteiger partial charge < -0.3 is 25.6 Å². The van der Waals surface area contributed by atoms with Gasteiger partial charge >= 0.3 is 6.18 Å². The molecule has 4 aromatic rings. The van der Waals surface area contributed by atoms with E-state index in [1.54, 1.807) is 19.9 Å². The molecule has 9 nitrogen and oxygen atoms in total. The zero-order valence-corrected chi connectivity index (χ0v) is 25.5. The van der Waals surface area contributed by atoms with Crippen molar-refractivity contribution >= 4 is 45.9 Å². The third-order valence-electron chi connectivity index (χ3n) is 6.79. The molecule has 0 aliphatic heterocycles. The van der Waals surface area contributed by atoms with Crippen molar-refractivity contribution in [2.24, 2.45) is 5.73 Å². The highest BCUT2D eigenvalue weighted by Crippen LogP contribution is 2.42. The molecule has 2 amide bonds. The van der Waals surface area contributed by atoms with Crippen molar-refractivity contribution in [3.8, 4) is 22.8 Å². The molecule has 45 heavy (non-hydrogen) atoms. The average molecular weight is 669 g/mol. The number of benzene rings is 2. The third kappa shape index (κ3) is 6.90. The van der Waals surface area contributed by atoms with Crippen LogP contribution < -0.4 is 20.5 Å². The number of nitrogens with two attached hydrogens (primary N) is 1. The fraction of sp³-hybridized carbons (Fsp3) is 0.267. The molecule has 0 aliphatic rings. The van der Waals surface area contributed by atoms with Crippen LogP contribution in [-0.2, 0) is 16.8 Å². The minimum Gasteiger partial charge on any atom is -0.494 e. The number of aliphatic hydroxyl groups is 1. The molecule has 0 saturated heterocycles. The Bertz CT molecular complexity index is 1810. The van der Waals surface area contributed by atoms with E-state index in [0.29, 0.717) is 16.5 Å². The smallest absolute Gasteiger partial charge is 0.424 e. The van der Waals surface area contributed by atoms with Crippen LogP contribution in [0.1, 0.15) is 34.1 Å². The quantitative estimate of drug-likeness (QED) is 0.146. The van der Waals surface area contributed by atoms with E-state index in [0.717, 1.165) is 18.2 Å². The van der Waals surface area contributed by atoms with Crippen molar-refractivity contribution in [3.63, 3.8) is 0 Å². The number of nitrogens with zero attached hydrogens (tertiary/aromatic N) is 2. The maximum absolute atomic E-state index is 14.7. The summed E-state index contributed by atoms with van der Waals surface area (Å²) in [5.41, 5.74) is 1.01. The monoisotopic (exact) mass is 668 g/mol. The molecular weight excluding hydrogens is 643 g/mol. The number of carbonyl (C=O) groups excluding carboxylic acids is 2. The van der Waals surface area contributed by atoms with Crippen molar-refractivity contribution in [2.75, 3.05) is 20.3 Å². The molecule has 1 atom stereocenters. The fourth-order valence-electron chi connectivity index (χ4n) is 4.53. The van der Waals surface area contributed by atoms with Crippen LogP contribution in [0.25, 0.3) is 22.2 Å². The molecule has 4 N–H and O–H groups in total. The molecule has 0 saturated carbocycles. The molecule has 4 rings (SSSR count). The van der Waals surface area contributed by atoms with Crippen LogP contribution in [0.15, 0.2) is 42.5 Å². The highest BCUT2D eigenvalue weighted by Gasteiger charge is 2.56. The van der Waals surface area contributed by atoms with Gasteiger partial charge in [-0.2, -0.15) is 13.2 Å². The zero-order chi connectivity index (χ0) is 33.3. The van der Waals surface area contributed by atoms with Gasteiger partial charge in [0.05, 0.1) is 37.4 Å². The first-order valence-electron chi connectivity index (χ1n) is 13.2. The Morgan fingerprint density at radius 1 is 1.09 bits per heavy atom. The first-order chi connectivity index (χ1) is 21.1. The predicted octanol–water partition coefficient (Wildman–Crippen LogP) is 5.67. The summed E-state index contributed by atoms with van der Waals surface area (Å²) in [6.45, 7) is 1.87. The van der Waals surface area contributed by atoms with E-state index in [2.05, 4.69) is 15.3 Å². The highest BCUT2D eigenvalue weighted by molar-refractivity contribution is 6.31. The maximum Gasteiger partial charge on any atom is 0.424 e. The van der Waals surface area contributed by atoms with Crippen LogP contribution in [0.2, 0.25) is 10.2 Å². The van der Waals surface area contributed by atoms with Gasteiger partial charge in [-0.3, -0.25) is 9.59 Å². The lowest BCUT2D eigenvalue weighted by molar-refractivity contribution is -0.265. The Kier molecular flexibility index (Phi) is 9.76. The number of fused-ring (bicyclic) bond motifs is 1. The summed E-state index contributed by atoms with van der Waals surface area (Å²) in [5.74, 6) is -2.70. The number of hydrogen-bond acceptors (Lipinski definition) is 7. The van der Waals surface area contributed by atoms with Crippen molar-refractivity contribution < 1.29 is 41.7 Å². The van der Waals surface area contributed by atoms with E-state index in [1.807, 2.05) is 0 Å². The van der Waals surface area contributed by atoms with Gasteiger partial charge in [-0.05, 0) is 61.9 Å². The van der Waals surface area contributed by atoms with Gasteiger partial charge in [-0.1, -0.05) is 23.2 Å². The molecular formula is C30H26Cl2F4N4O5. The van der Waals surface area contributed by atoms with Gasteiger partial charge in [0.2, 0.25) is 11.5 Å². The summed E-state index contributed by atoms with van der Waals surface area (Å²) in [5, 5.41) is 13.6. The normalized spacial score (nSPS) is 12.9. The van der Waals surface area contributed by atoms with Crippen molar-refractivity contribution in [3.05, 3.63) is 80.8 Å². The Morgan fingerprint density at radius 3 is 2.40 bits per heavy atom. The number of alkyl halides is 3. The summed E-state index contributed by atoms with van der Waals surface area (Å²) in [6, 6.07) is 8.35. The Balaban J connectivity index is 1.82. The Labute approximate surface area is 264 Å². The molecule has 0 fully saturated rings. The second kappa shape index (κ2) is 13.0. The molecule has 0 aliphatic carbocycles. The molecule has 0 bridgehead atoms. The second-order valence-corrected chi connectivity index (χ2v) is 10.7. The van der Waals surface area contributed by atoms with Crippen LogP contribution in [0.4, 0.5) is 17.6 Å². The Morgan fingerprint density at radius 2 is 1.80 bits per heavy atom. The van der Waals surface area contributed by atoms with Gasteiger partial charge in [-0.15, -0.1) is 0 Å². The number of aryl methyl sites for hydroxylation is 1. The SMILES string of the molecule is CCOc1c(CC(N)=O)cc([C@@](O)(CNC(=O)c2cc(OC)c3nc(Cl)c(C)cc3c2)C(F)(F)F)nc1-c1ccc(F)c(Cl)c1. The van der Waals surface area contributed by atoms with Gasteiger partial charge in [0.1, 0.15) is 33.7 Å². The summed E-state index contributed by atoms with van der Waals surface area (Å²) in [4.78, 5) is 33.4. The van der Waals surface area contributed by atoms with E-state index in [-0.39, 0.29) is 50.7 Å². The standard InChI is InChI=1S/C30H26Cl2F4N4O5/c1-4-45-26-17(12-23(37)41)11-22(39-25(26)15-5-6-20(33)19(31)9-15)29(43,30(34,35)36)13-38-28(42)18-8-16-7-14(2)27(32)40-24(16)21(10-18)44-3/h5-11,43H,4,12-13H2,1-3H3,(H2,37,41)(H,38,42)/t29-/m0/s1. The van der Waals surface area contributed by atoms with E-state index >= 15 is 0 Å². The Hall–Kier alpha value is -4.20. The fourth-order valence-corrected chi connectivity index (χ4v) is 4.85. The van der Waals surface area contributed by atoms with E-state index in [4.69, 9.17) is 38.4 Å². The van der Waals surface area contributed by atoms with Crippen molar-refractivity contribution in [1.82, 2.24) is 15.3 Å². The lowest BCUT2D eigenvalue weighted by Crippen LogP contribution is -2.51. The van der Waals surface area contributed by atoms with Gasteiger partial charge in [-0.25, -0.2) is 14.4 Å². The lowest BCUT2D eigenvalue weighted by atomic mass is 9.93. The molecule has 0 spiro atoms. The number of hydrogen-bond donors (Lipinski definition) is 3. The number of nitrogens with one attached hydrogen (secondary N) is 1. The van der Waals surface area contributed by atoms with Crippen LogP contribution in [0.3, 0.4) is 0 Å². The number of carbonyl (C=O) groups is 2.